The maximum Gasteiger partial charge on any atom is 0.437 e. The first kappa shape index (κ1) is 23.4. The molecule has 0 saturated carbocycles. The third-order valence-corrected chi connectivity index (χ3v) is 8.13. The Morgan fingerprint density at radius 3 is 2.41 bits per heavy atom. The molecule has 6 nitrogen and oxygen atoms in total. The molecule has 0 aliphatic carbocycles. The Labute approximate surface area is 203 Å². The average Bonchev–Trinajstić information content (AvgIpc) is 3.38. The Hall–Kier alpha value is -2.30. The van der Waals surface area contributed by atoms with Crippen LogP contribution in [0.4, 0.5) is 13.2 Å². The Morgan fingerprint density at radius 1 is 1.12 bits per heavy atom. The van der Waals surface area contributed by atoms with E-state index in [1.54, 1.807) is 68.3 Å². The summed E-state index contributed by atoms with van der Waals surface area (Å²) in [5.74, 6) is -2.33. The zero-order valence-corrected chi connectivity index (χ0v) is 20.4. The van der Waals surface area contributed by atoms with Crippen molar-refractivity contribution in [2.45, 2.75) is 43.9 Å². The summed E-state index contributed by atoms with van der Waals surface area (Å²) >= 11 is 3.36. The molecule has 182 valence electrons. The molecule has 0 spiro atoms. The van der Waals surface area contributed by atoms with Crippen molar-refractivity contribution in [1.29, 1.82) is 0 Å². The second-order valence-electron chi connectivity index (χ2n) is 9.60. The molecule has 2 aromatic rings. The Bertz CT molecular complexity index is 1140. The molecule has 34 heavy (non-hydrogen) atoms. The fourth-order valence-corrected chi connectivity index (χ4v) is 5.98. The van der Waals surface area contributed by atoms with Gasteiger partial charge in [-0.2, -0.15) is 13.2 Å². The van der Waals surface area contributed by atoms with Crippen LogP contribution in [0, 0.1) is 11.8 Å². The van der Waals surface area contributed by atoms with E-state index >= 15 is 0 Å². The zero-order valence-electron chi connectivity index (χ0n) is 18.8. The van der Waals surface area contributed by atoms with Crippen molar-refractivity contribution >= 4 is 21.8 Å². The minimum absolute atomic E-state index is 0.0213. The highest BCUT2D eigenvalue weighted by Crippen LogP contribution is 2.62. The van der Waals surface area contributed by atoms with Gasteiger partial charge in [-0.25, -0.2) is 0 Å². The number of rotatable bonds is 3. The Kier molecular flexibility index (Phi) is 5.24. The van der Waals surface area contributed by atoms with E-state index in [9.17, 15) is 23.1 Å². The lowest BCUT2D eigenvalue weighted by molar-refractivity contribution is -0.322. The first-order chi connectivity index (χ1) is 15.9. The molecule has 3 aliphatic rings. The van der Waals surface area contributed by atoms with Gasteiger partial charge in [0, 0.05) is 28.5 Å². The van der Waals surface area contributed by atoms with E-state index in [-0.39, 0.29) is 6.79 Å². The molecule has 0 radical (unpaired) electrons. The number of halogens is 4. The standard InChI is InChI=1S/C24H24BrF3N2O4/c1-22(2)19-18(20(29(22)3)14-5-7-15(25)8-6-14)23(32,24(26,27)28)30(21(19)31)11-13-4-9-16-17(10-13)34-12-33-16/h4-10,18-20,32H,11-12H2,1-3H3/t18-,19-,20-,23-/m0/s1. The van der Waals surface area contributed by atoms with Gasteiger partial charge in [-0.3, -0.25) is 9.69 Å². The van der Waals surface area contributed by atoms with E-state index in [1.807, 2.05) is 0 Å². The summed E-state index contributed by atoms with van der Waals surface area (Å²) in [6.07, 6.45) is -5.08. The van der Waals surface area contributed by atoms with Crippen molar-refractivity contribution in [3.63, 3.8) is 0 Å². The van der Waals surface area contributed by atoms with E-state index in [0.717, 1.165) is 4.47 Å². The topological polar surface area (TPSA) is 62.2 Å². The number of likely N-dealkylation sites (tertiary alicyclic amines) is 2. The van der Waals surface area contributed by atoms with Crippen molar-refractivity contribution in [2.75, 3.05) is 13.8 Å². The first-order valence-corrected chi connectivity index (χ1v) is 11.6. The lowest BCUT2D eigenvalue weighted by Crippen LogP contribution is -2.61. The number of hydrogen-bond acceptors (Lipinski definition) is 5. The van der Waals surface area contributed by atoms with Gasteiger partial charge in [0.2, 0.25) is 18.4 Å². The maximum absolute atomic E-state index is 14.7. The summed E-state index contributed by atoms with van der Waals surface area (Å²) in [5, 5.41) is 11.5. The molecule has 0 unspecified atom stereocenters. The fraction of sp³-hybridized carbons (Fsp3) is 0.458. The third kappa shape index (κ3) is 3.18. The van der Waals surface area contributed by atoms with Crippen LogP contribution >= 0.6 is 15.9 Å². The van der Waals surface area contributed by atoms with Crippen molar-refractivity contribution < 1.29 is 32.5 Å². The quantitative estimate of drug-likeness (QED) is 0.622. The summed E-state index contributed by atoms with van der Waals surface area (Å²) in [6.45, 7) is 3.11. The van der Waals surface area contributed by atoms with Gasteiger partial charge in [-0.05, 0) is 56.3 Å². The third-order valence-electron chi connectivity index (χ3n) is 7.60. The number of alkyl halides is 3. The average molecular weight is 541 g/mol. The number of nitrogens with zero attached hydrogens (tertiary/aromatic N) is 2. The highest BCUT2D eigenvalue weighted by Gasteiger charge is 2.78. The van der Waals surface area contributed by atoms with Crippen molar-refractivity contribution in [1.82, 2.24) is 9.80 Å². The molecule has 2 fully saturated rings. The van der Waals surface area contributed by atoms with Gasteiger partial charge in [0.1, 0.15) is 0 Å². The van der Waals surface area contributed by atoms with Crippen LogP contribution in [0.1, 0.15) is 31.0 Å². The van der Waals surface area contributed by atoms with E-state index in [2.05, 4.69) is 15.9 Å². The molecule has 1 amide bonds. The lowest BCUT2D eigenvalue weighted by atomic mass is 9.77. The number of aliphatic hydroxyl groups is 1. The fourth-order valence-electron chi connectivity index (χ4n) is 5.72. The second-order valence-corrected chi connectivity index (χ2v) is 10.5. The number of benzene rings is 2. The van der Waals surface area contributed by atoms with Gasteiger partial charge >= 0.3 is 6.18 Å². The molecule has 3 aliphatic heterocycles. The van der Waals surface area contributed by atoms with E-state index < -0.39 is 47.8 Å². The SMILES string of the molecule is CN1[C@@H](c2ccc(Br)cc2)[C@@H]2[C@@H](C(=O)N(Cc3ccc4c(c3)OCO4)[C@@]2(O)C(F)(F)F)C1(C)C. The number of carbonyl (C=O) groups is 1. The minimum atomic E-state index is -5.08. The van der Waals surface area contributed by atoms with Crippen LogP contribution in [0.15, 0.2) is 46.9 Å². The molecule has 0 bridgehead atoms. The molecule has 0 aromatic heterocycles. The van der Waals surface area contributed by atoms with Gasteiger partial charge in [0.15, 0.2) is 11.5 Å². The maximum atomic E-state index is 14.7. The molecular formula is C24H24BrF3N2O4. The number of amides is 1. The molecule has 2 aromatic carbocycles. The summed E-state index contributed by atoms with van der Waals surface area (Å²) in [5.41, 5.74) is -3.27. The van der Waals surface area contributed by atoms with Crippen molar-refractivity contribution in [3.05, 3.63) is 58.1 Å². The number of hydrogen-bond donors (Lipinski definition) is 1. The second kappa shape index (κ2) is 7.60. The van der Waals surface area contributed by atoms with Gasteiger partial charge in [-0.15, -0.1) is 0 Å². The first-order valence-electron chi connectivity index (χ1n) is 10.8. The molecule has 1 N–H and O–H groups in total. The summed E-state index contributed by atoms with van der Waals surface area (Å²) < 4.78 is 55.6. The van der Waals surface area contributed by atoms with Crippen LogP contribution in [0.2, 0.25) is 0 Å². The summed E-state index contributed by atoms with van der Waals surface area (Å²) in [4.78, 5) is 16.0. The zero-order chi connectivity index (χ0) is 24.6. The largest absolute Gasteiger partial charge is 0.454 e. The van der Waals surface area contributed by atoms with Crippen LogP contribution in [-0.2, 0) is 11.3 Å². The smallest absolute Gasteiger partial charge is 0.437 e. The number of fused-ring (bicyclic) bond motifs is 2. The molecule has 5 rings (SSSR count). The van der Waals surface area contributed by atoms with Crippen molar-refractivity contribution in [3.8, 4) is 11.5 Å². The van der Waals surface area contributed by atoms with E-state index in [4.69, 9.17) is 9.47 Å². The lowest BCUT2D eigenvalue weighted by Gasteiger charge is -2.43. The normalized spacial score (nSPS) is 30.2. The van der Waals surface area contributed by atoms with E-state index in [1.165, 1.54) is 0 Å². The van der Waals surface area contributed by atoms with Crippen LogP contribution in [0.5, 0.6) is 11.5 Å². The van der Waals surface area contributed by atoms with Crippen LogP contribution in [-0.4, -0.2) is 52.1 Å². The predicted octanol–water partition coefficient (Wildman–Crippen LogP) is 4.47. The molecular weight excluding hydrogens is 517 g/mol. The molecule has 2 saturated heterocycles. The van der Waals surface area contributed by atoms with Gasteiger partial charge < -0.3 is 19.5 Å². The predicted molar refractivity (Wildman–Crippen MR) is 120 cm³/mol. The highest BCUT2D eigenvalue weighted by molar-refractivity contribution is 9.10. The monoisotopic (exact) mass is 540 g/mol. The van der Waals surface area contributed by atoms with Crippen LogP contribution in [0.3, 0.4) is 0 Å². The van der Waals surface area contributed by atoms with Gasteiger partial charge in [0.05, 0.1) is 5.92 Å². The van der Waals surface area contributed by atoms with Gasteiger partial charge in [0.25, 0.3) is 0 Å². The molecule has 10 heteroatoms. The van der Waals surface area contributed by atoms with Crippen molar-refractivity contribution in [2.24, 2.45) is 11.8 Å². The summed E-state index contributed by atoms with van der Waals surface area (Å²) in [7, 11) is 1.71. The van der Waals surface area contributed by atoms with Crippen LogP contribution in [0.25, 0.3) is 0 Å². The molecule has 4 atom stereocenters. The number of ether oxygens (including phenoxy) is 2. The summed E-state index contributed by atoms with van der Waals surface area (Å²) in [6, 6.07) is 10.8. The van der Waals surface area contributed by atoms with Crippen LogP contribution < -0.4 is 9.47 Å². The van der Waals surface area contributed by atoms with Gasteiger partial charge in [-0.1, -0.05) is 34.1 Å². The highest BCUT2D eigenvalue weighted by atomic mass is 79.9. The Morgan fingerprint density at radius 2 is 1.76 bits per heavy atom. The number of carbonyl (C=O) groups excluding carboxylic acids is 1. The van der Waals surface area contributed by atoms with E-state index in [0.29, 0.717) is 27.5 Å². The minimum Gasteiger partial charge on any atom is -0.454 e. The Balaban J connectivity index is 1.62. The molecule has 3 heterocycles.